The largest absolute Gasteiger partial charge is 0.382 e. The zero-order valence-electron chi connectivity index (χ0n) is 10.4. The Kier molecular flexibility index (Phi) is 2.96. The Bertz CT molecular complexity index is 787. The second-order valence-corrected chi connectivity index (χ2v) is 4.20. The van der Waals surface area contributed by atoms with E-state index < -0.39 is 0 Å². The number of pyridine rings is 1. The van der Waals surface area contributed by atoms with Crippen molar-refractivity contribution in [3.05, 3.63) is 54.6 Å². The number of hydrogen-bond donors (Lipinski definition) is 2. The highest BCUT2D eigenvalue weighted by atomic mass is 16.1. The highest BCUT2D eigenvalue weighted by molar-refractivity contribution is 6.03. The van der Waals surface area contributed by atoms with Crippen LogP contribution in [-0.4, -0.2) is 20.9 Å². The average Bonchev–Trinajstić information content (AvgIpc) is 2.47. The number of aromatic nitrogens is 3. The van der Waals surface area contributed by atoms with Gasteiger partial charge in [-0.15, -0.1) is 0 Å². The lowest BCUT2D eigenvalue weighted by Gasteiger charge is -2.05. The standard InChI is InChI=1S/C14H11N5O/c15-13-8-16-7-12(19-13)14(20)18-10-5-9-3-1-2-4-11(9)17-6-10/h1-8H,(H2,15,19)(H,18,20). The van der Waals surface area contributed by atoms with E-state index in [-0.39, 0.29) is 17.4 Å². The van der Waals surface area contributed by atoms with Gasteiger partial charge in [-0.25, -0.2) is 4.98 Å². The molecular formula is C14H11N5O. The van der Waals surface area contributed by atoms with Gasteiger partial charge in [0.15, 0.2) is 0 Å². The maximum atomic E-state index is 12.0. The molecule has 3 aromatic rings. The molecule has 0 spiro atoms. The molecule has 6 nitrogen and oxygen atoms in total. The predicted octanol–water partition coefficient (Wildman–Crippen LogP) is 1.86. The van der Waals surface area contributed by atoms with Crippen molar-refractivity contribution in [3.8, 4) is 0 Å². The van der Waals surface area contributed by atoms with E-state index >= 15 is 0 Å². The summed E-state index contributed by atoms with van der Waals surface area (Å²) in [5.41, 5.74) is 7.13. The minimum Gasteiger partial charge on any atom is -0.382 e. The van der Waals surface area contributed by atoms with Crippen LogP contribution < -0.4 is 11.1 Å². The van der Waals surface area contributed by atoms with Crippen molar-refractivity contribution in [2.75, 3.05) is 11.1 Å². The summed E-state index contributed by atoms with van der Waals surface area (Å²) >= 11 is 0. The van der Waals surface area contributed by atoms with Gasteiger partial charge in [0.2, 0.25) is 0 Å². The molecule has 6 heteroatoms. The second kappa shape index (κ2) is 4.93. The fourth-order valence-corrected chi connectivity index (χ4v) is 1.82. The first-order valence-corrected chi connectivity index (χ1v) is 5.96. The smallest absolute Gasteiger partial charge is 0.275 e. The zero-order valence-corrected chi connectivity index (χ0v) is 10.4. The van der Waals surface area contributed by atoms with Gasteiger partial charge in [0, 0.05) is 5.39 Å². The van der Waals surface area contributed by atoms with Crippen molar-refractivity contribution in [3.63, 3.8) is 0 Å². The molecule has 0 unspecified atom stereocenters. The summed E-state index contributed by atoms with van der Waals surface area (Å²) < 4.78 is 0. The van der Waals surface area contributed by atoms with E-state index in [0.29, 0.717) is 5.69 Å². The van der Waals surface area contributed by atoms with Gasteiger partial charge in [0.05, 0.1) is 29.8 Å². The van der Waals surface area contributed by atoms with Gasteiger partial charge in [-0.2, -0.15) is 0 Å². The molecule has 98 valence electrons. The summed E-state index contributed by atoms with van der Waals surface area (Å²) in [5.74, 6) is -0.170. The third kappa shape index (κ3) is 2.39. The van der Waals surface area contributed by atoms with Gasteiger partial charge in [-0.05, 0) is 12.1 Å². The lowest BCUT2D eigenvalue weighted by atomic mass is 10.2. The Morgan fingerprint density at radius 3 is 2.85 bits per heavy atom. The summed E-state index contributed by atoms with van der Waals surface area (Å²) in [7, 11) is 0. The third-order valence-electron chi connectivity index (χ3n) is 2.73. The lowest BCUT2D eigenvalue weighted by molar-refractivity contribution is 0.102. The number of fused-ring (bicyclic) bond motifs is 1. The number of anilines is 2. The van der Waals surface area contributed by atoms with Crippen LogP contribution in [0.25, 0.3) is 10.9 Å². The second-order valence-electron chi connectivity index (χ2n) is 4.20. The van der Waals surface area contributed by atoms with Crippen LogP contribution in [0.15, 0.2) is 48.9 Å². The van der Waals surface area contributed by atoms with E-state index in [2.05, 4.69) is 20.3 Å². The third-order valence-corrected chi connectivity index (χ3v) is 2.73. The SMILES string of the molecule is Nc1cncc(C(=O)Nc2cnc3ccccc3c2)n1. The lowest BCUT2D eigenvalue weighted by Crippen LogP contribution is -2.14. The molecular weight excluding hydrogens is 254 g/mol. The molecule has 1 aromatic carbocycles. The van der Waals surface area contributed by atoms with Crippen molar-refractivity contribution in [1.82, 2.24) is 15.0 Å². The number of nitrogens with one attached hydrogen (secondary N) is 1. The molecule has 3 N–H and O–H groups in total. The van der Waals surface area contributed by atoms with Gasteiger partial charge >= 0.3 is 0 Å². The van der Waals surface area contributed by atoms with E-state index in [1.165, 1.54) is 12.4 Å². The van der Waals surface area contributed by atoms with E-state index in [9.17, 15) is 4.79 Å². The molecule has 0 aliphatic carbocycles. The minimum absolute atomic E-state index is 0.165. The summed E-state index contributed by atoms with van der Waals surface area (Å²) in [4.78, 5) is 24.0. The van der Waals surface area contributed by atoms with Crippen LogP contribution in [0.2, 0.25) is 0 Å². The number of para-hydroxylation sites is 1. The number of nitrogen functional groups attached to an aromatic ring is 1. The fraction of sp³-hybridized carbons (Fsp3) is 0. The van der Waals surface area contributed by atoms with E-state index in [1.54, 1.807) is 6.20 Å². The Labute approximate surface area is 114 Å². The number of carbonyl (C=O) groups excluding carboxylic acids is 1. The van der Waals surface area contributed by atoms with Crippen LogP contribution in [0.4, 0.5) is 11.5 Å². The number of nitrogens with two attached hydrogens (primary N) is 1. The molecule has 0 radical (unpaired) electrons. The molecule has 0 aliphatic heterocycles. The van der Waals surface area contributed by atoms with Gasteiger partial charge < -0.3 is 11.1 Å². The van der Waals surface area contributed by atoms with Gasteiger partial charge in [0.1, 0.15) is 11.5 Å². The zero-order chi connectivity index (χ0) is 13.9. The van der Waals surface area contributed by atoms with Crippen LogP contribution >= 0.6 is 0 Å². The maximum absolute atomic E-state index is 12.0. The van der Waals surface area contributed by atoms with E-state index in [0.717, 1.165) is 10.9 Å². The molecule has 20 heavy (non-hydrogen) atoms. The van der Waals surface area contributed by atoms with Crippen LogP contribution in [0, 0.1) is 0 Å². The molecule has 0 bridgehead atoms. The van der Waals surface area contributed by atoms with E-state index in [1.807, 2.05) is 30.3 Å². The van der Waals surface area contributed by atoms with Crippen molar-refractivity contribution >= 4 is 28.3 Å². The number of hydrogen-bond acceptors (Lipinski definition) is 5. The molecule has 0 saturated carbocycles. The highest BCUT2D eigenvalue weighted by Gasteiger charge is 2.09. The van der Waals surface area contributed by atoms with Crippen molar-refractivity contribution in [2.24, 2.45) is 0 Å². The topological polar surface area (TPSA) is 93.8 Å². The Hall–Kier alpha value is -3.02. The maximum Gasteiger partial charge on any atom is 0.275 e. The molecule has 2 aromatic heterocycles. The molecule has 0 aliphatic rings. The number of rotatable bonds is 2. The van der Waals surface area contributed by atoms with Gasteiger partial charge in [-0.3, -0.25) is 14.8 Å². The molecule has 0 saturated heterocycles. The van der Waals surface area contributed by atoms with E-state index in [4.69, 9.17) is 5.73 Å². The Morgan fingerprint density at radius 1 is 1.15 bits per heavy atom. The Morgan fingerprint density at radius 2 is 2.00 bits per heavy atom. The minimum atomic E-state index is -0.373. The number of benzene rings is 1. The van der Waals surface area contributed by atoms with Crippen molar-refractivity contribution in [2.45, 2.75) is 0 Å². The first-order valence-electron chi connectivity index (χ1n) is 5.96. The molecule has 0 atom stereocenters. The number of nitrogens with zero attached hydrogens (tertiary/aromatic N) is 3. The summed E-state index contributed by atoms with van der Waals surface area (Å²) in [6, 6.07) is 9.51. The summed E-state index contributed by atoms with van der Waals surface area (Å²) in [5, 5.41) is 3.67. The molecule has 1 amide bonds. The van der Waals surface area contributed by atoms with Crippen LogP contribution in [0.3, 0.4) is 0 Å². The van der Waals surface area contributed by atoms with Gasteiger partial charge in [-0.1, -0.05) is 18.2 Å². The predicted molar refractivity (Wildman–Crippen MR) is 76.1 cm³/mol. The number of carbonyl (C=O) groups is 1. The summed E-state index contributed by atoms with van der Waals surface area (Å²) in [6.45, 7) is 0. The normalized spacial score (nSPS) is 10.4. The van der Waals surface area contributed by atoms with Gasteiger partial charge in [0.25, 0.3) is 5.91 Å². The first kappa shape index (κ1) is 12.0. The highest BCUT2D eigenvalue weighted by Crippen LogP contribution is 2.16. The monoisotopic (exact) mass is 265 g/mol. The first-order chi connectivity index (χ1) is 9.72. The molecule has 0 fully saturated rings. The molecule has 3 rings (SSSR count). The number of amides is 1. The van der Waals surface area contributed by atoms with Crippen molar-refractivity contribution < 1.29 is 4.79 Å². The van der Waals surface area contributed by atoms with Crippen LogP contribution in [0.1, 0.15) is 10.5 Å². The Balaban J connectivity index is 1.87. The quantitative estimate of drug-likeness (QED) is 0.737. The van der Waals surface area contributed by atoms with Crippen molar-refractivity contribution in [1.29, 1.82) is 0 Å². The summed E-state index contributed by atoms with van der Waals surface area (Å²) in [6.07, 6.45) is 4.34. The average molecular weight is 265 g/mol. The van der Waals surface area contributed by atoms with Crippen LogP contribution in [-0.2, 0) is 0 Å². The fourth-order valence-electron chi connectivity index (χ4n) is 1.82. The van der Waals surface area contributed by atoms with Crippen LogP contribution in [0.5, 0.6) is 0 Å². The molecule has 2 heterocycles.